The van der Waals surface area contributed by atoms with Crippen LogP contribution in [0.15, 0.2) is 12.4 Å². The second-order valence-corrected chi connectivity index (χ2v) is 8.76. The number of aryl methyl sites for hydroxylation is 1. The van der Waals surface area contributed by atoms with Crippen molar-refractivity contribution in [3.05, 3.63) is 34.9 Å². The zero-order valence-electron chi connectivity index (χ0n) is 17.1. The molecule has 29 heavy (non-hydrogen) atoms. The number of aromatic amines is 1. The molecule has 8 heteroatoms. The number of H-pyrrole nitrogens is 1. The van der Waals surface area contributed by atoms with Gasteiger partial charge in [0.25, 0.3) is 0 Å². The van der Waals surface area contributed by atoms with Crippen LogP contribution in [0.2, 0.25) is 0 Å². The Kier molecular flexibility index (Phi) is 5.24. The molecular formula is C21H30N6O2. The molecule has 1 spiro atoms. The second-order valence-electron chi connectivity index (χ2n) is 8.76. The van der Waals surface area contributed by atoms with E-state index < -0.39 is 0 Å². The van der Waals surface area contributed by atoms with Crippen molar-refractivity contribution in [2.45, 2.75) is 44.8 Å². The number of nitrogens with zero attached hydrogens (tertiary/aromatic N) is 4. The summed E-state index contributed by atoms with van der Waals surface area (Å²) < 4.78 is 11.4. The van der Waals surface area contributed by atoms with Gasteiger partial charge in [-0.1, -0.05) is 0 Å². The Bertz CT molecular complexity index is 849. The SMILES string of the molecule is Cc1[nH]ncc1CN1CC[C@@]2(COCc3cnc(NCC4CCOCC4)nc32)C1. The fourth-order valence-electron chi connectivity index (χ4n) is 4.85. The highest BCUT2D eigenvalue weighted by atomic mass is 16.5. The maximum Gasteiger partial charge on any atom is 0.222 e. The van der Waals surface area contributed by atoms with Gasteiger partial charge >= 0.3 is 0 Å². The number of fused-ring (bicyclic) bond motifs is 2. The topological polar surface area (TPSA) is 88.2 Å². The molecule has 8 nitrogen and oxygen atoms in total. The van der Waals surface area contributed by atoms with Gasteiger partial charge < -0.3 is 14.8 Å². The van der Waals surface area contributed by atoms with Crippen molar-refractivity contribution in [2.24, 2.45) is 5.92 Å². The Balaban J connectivity index is 1.31. The highest BCUT2D eigenvalue weighted by Crippen LogP contribution is 2.39. The van der Waals surface area contributed by atoms with Crippen LogP contribution in [0.3, 0.4) is 0 Å². The number of aromatic nitrogens is 4. The van der Waals surface area contributed by atoms with Gasteiger partial charge in [-0.05, 0) is 38.6 Å². The number of hydrogen-bond donors (Lipinski definition) is 2. The smallest absolute Gasteiger partial charge is 0.222 e. The predicted octanol–water partition coefficient (Wildman–Crippen LogP) is 2.02. The highest BCUT2D eigenvalue weighted by molar-refractivity contribution is 5.36. The molecule has 0 aliphatic carbocycles. The molecule has 5 heterocycles. The van der Waals surface area contributed by atoms with E-state index in [1.54, 1.807) is 0 Å². The van der Waals surface area contributed by atoms with Gasteiger partial charge in [-0.3, -0.25) is 10.00 Å². The second kappa shape index (κ2) is 8.01. The van der Waals surface area contributed by atoms with Crippen molar-refractivity contribution < 1.29 is 9.47 Å². The molecule has 2 aromatic heterocycles. The first-order valence-electron chi connectivity index (χ1n) is 10.7. The Labute approximate surface area is 171 Å². The summed E-state index contributed by atoms with van der Waals surface area (Å²) >= 11 is 0. The highest BCUT2D eigenvalue weighted by Gasteiger charge is 2.45. The van der Waals surface area contributed by atoms with Crippen LogP contribution in [-0.4, -0.2) is 64.5 Å². The zero-order chi connectivity index (χ0) is 19.7. The molecule has 0 radical (unpaired) electrons. The third kappa shape index (κ3) is 3.89. The molecule has 0 amide bonds. The molecule has 2 aromatic rings. The maximum atomic E-state index is 5.98. The van der Waals surface area contributed by atoms with Gasteiger partial charge in [-0.2, -0.15) is 5.10 Å². The number of ether oxygens (including phenoxy) is 2. The first-order valence-corrected chi connectivity index (χ1v) is 10.7. The van der Waals surface area contributed by atoms with E-state index in [4.69, 9.17) is 14.5 Å². The minimum absolute atomic E-state index is 0.0384. The van der Waals surface area contributed by atoms with E-state index >= 15 is 0 Å². The van der Waals surface area contributed by atoms with E-state index in [2.05, 4.69) is 32.3 Å². The summed E-state index contributed by atoms with van der Waals surface area (Å²) in [5.41, 5.74) is 4.69. The molecule has 1 atom stereocenters. The lowest BCUT2D eigenvalue weighted by molar-refractivity contribution is 0.0503. The molecule has 2 fully saturated rings. The quantitative estimate of drug-likeness (QED) is 0.797. The van der Waals surface area contributed by atoms with Gasteiger partial charge in [0.2, 0.25) is 5.95 Å². The standard InChI is InChI=1S/C21H30N6O2/c1-15-17(10-24-26-15)11-27-5-4-21(13-27)14-29-12-18-9-23-20(25-19(18)21)22-8-16-2-6-28-7-3-16/h9-10,16H,2-8,11-14H2,1H3,(H,24,26)(H,22,23,25)/t21-/m0/s1. The molecule has 3 aliphatic rings. The van der Waals surface area contributed by atoms with Crippen LogP contribution in [0.25, 0.3) is 0 Å². The zero-order valence-corrected chi connectivity index (χ0v) is 17.1. The summed E-state index contributed by atoms with van der Waals surface area (Å²) in [7, 11) is 0. The summed E-state index contributed by atoms with van der Waals surface area (Å²) in [5, 5.41) is 10.7. The van der Waals surface area contributed by atoms with Crippen molar-refractivity contribution in [1.82, 2.24) is 25.1 Å². The average Bonchev–Trinajstić information content (AvgIpc) is 3.35. The number of anilines is 1. The molecule has 0 saturated carbocycles. The van der Waals surface area contributed by atoms with Crippen LogP contribution < -0.4 is 5.32 Å². The molecule has 0 unspecified atom stereocenters. The van der Waals surface area contributed by atoms with Crippen LogP contribution >= 0.6 is 0 Å². The third-order valence-corrected chi connectivity index (χ3v) is 6.65. The third-order valence-electron chi connectivity index (χ3n) is 6.65. The van der Waals surface area contributed by atoms with E-state index in [1.807, 2.05) is 12.4 Å². The van der Waals surface area contributed by atoms with E-state index in [-0.39, 0.29) is 5.41 Å². The summed E-state index contributed by atoms with van der Waals surface area (Å²) in [4.78, 5) is 12.1. The summed E-state index contributed by atoms with van der Waals surface area (Å²) in [6.45, 7) is 8.99. The largest absolute Gasteiger partial charge is 0.381 e. The molecule has 3 aliphatic heterocycles. The Morgan fingerprint density at radius 2 is 2.17 bits per heavy atom. The lowest BCUT2D eigenvalue weighted by Gasteiger charge is -2.34. The van der Waals surface area contributed by atoms with Crippen molar-refractivity contribution in [1.29, 1.82) is 0 Å². The normalized spacial score (nSPS) is 25.4. The van der Waals surface area contributed by atoms with Gasteiger partial charge in [-0.25, -0.2) is 9.97 Å². The van der Waals surface area contributed by atoms with E-state index in [1.165, 1.54) is 11.3 Å². The van der Waals surface area contributed by atoms with Gasteiger partial charge in [0.1, 0.15) is 0 Å². The van der Waals surface area contributed by atoms with Crippen LogP contribution in [0, 0.1) is 12.8 Å². The van der Waals surface area contributed by atoms with E-state index in [0.717, 1.165) is 82.5 Å². The fourth-order valence-corrected chi connectivity index (χ4v) is 4.85. The maximum absolute atomic E-state index is 5.98. The Morgan fingerprint density at radius 1 is 1.28 bits per heavy atom. The molecule has 156 valence electrons. The average molecular weight is 399 g/mol. The van der Waals surface area contributed by atoms with E-state index in [0.29, 0.717) is 12.5 Å². The summed E-state index contributed by atoms with van der Waals surface area (Å²) in [6, 6.07) is 0. The lowest BCUT2D eigenvalue weighted by atomic mass is 9.80. The molecule has 2 N–H and O–H groups in total. The van der Waals surface area contributed by atoms with Crippen molar-refractivity contribution in [2.75, 3.05) is 44.8 Å². The first-order chi connectivity index (χ1) is 14.2. The number of nitrogens with one attached hydrogen (secondary N) is 2. The fraction of sp³-hybridized carbons (Fsp3) is 0.667. The lowest BCUT2D eigenvalue weighted by Crippen LogP contribution is -2.40. The van der Waals surface area contributed by atoms with Crippen LogP contribution in [0.5, 0.6) is 0 Å². The van der Waals surface area contributed by atoms with Crippen molar-refractivity contribution in [3.63, 3.8) is 0 Å². The van der Waals surface area contributed by atoms with Gasteiger partial charge in [0.05, 0.1) is 30.5 Å². The minimum Gasteiger partial charge on any atom is -0.381 e. The van der Waals surface area contributed by atoms with E-state index in [9.17, 15) is 0 Å². The number of hydrogen-bond acceptors (Lipinski definition) is 7. The summed E-state index contributed by atoms with van der Waals surface area (Å²) in [6.07, 6.45) is 7.17. The monoisotopic (exact) mass is 398 g/mol. The van der Waals surface area contributed by atoms with Gasteiger partial charge in [0, 0.05) is 55.9 Å². The van der Waals surface area contributed by atoms with Crippen LogP contribution in [0.1, 0.15) is 41.8 Å². The molecule has 0 aromatic carbocycles. The van der Waals surface area contributed by atoms with Gasteiger partial charge in [0.15, 0.2) is 0 Å². The Hall–Kier alpha value is -2.03. The number of rotatable bonds is 5. The molecular weight excluding hydrogens is 368 g/mol. The predicted molar refractivity (Wildman–Crippen MR) is 109 cm³/mol. The van der Waals surface area contributed by atoms with Crippen molar-refractivity contribution in [3.8, 4) is 0 Å². The first kappa shape index (κ1) is 19.0. The van der Waals surface area contributed by atoms with Crippen LogP contribution in [0.4, 0.5) is 5.95 Å². The van der Waals surface area contributed by atoms with Gasteiger partial charge in [-0.15, -0.1) is 0 Å². The minimum atomic E-state index is -0.0384. The molecule has 5 rings (SSSR count). The number of likely N-dealkylation sites (tertiary alicyclic amines) is 1. The molecule has 2 saturated heterocycles. The van der Waals surface area contributed by atoms with Crippen LogP contribution in [-0.2, 0) is 28.0 Å². The van der Waals surface area contributed by atoms with Crippen molar-refractivity contribution >= 4 is 5.95 Å². The summed E-state index contributed by atoms with van der Waals surface area (Å²) in [5.74, 6) is 1.39. The molecule has 0 bridgehead atoms. The Morgan fingerprint density at radius 3 is 3.00 bits per heavy atom.